The van der Waals surface area contributed by atoms with E-state index in [1.807, 2.05) is 41.3 Å². The largest absolute Gasteiger partial charge is 0.497 e. The molecule has 2 aromatic rings. The van der Waals surface area contributed by atoms with Crippen molar-refractivity contribution in [2.45, 2.75) is 13.0 Å². The molecule has 2 aromatic carbocycles. The average molecular weight is 364 g/mol. The summed E-state index contributed by atoms with van der Waals surface area (Å²) >= 11 is 0. The number of rotatable bonds is 5. The van der Waals surface area contributed by atoms with Crippen LogP contribution in [0, 0.1) is 0 Å². The molecule has 3 rings (SSSR count). The minimum absolute atomic E-state index is 0.0323. The lowest BCUT2D eigenvalue weighted by Crippen LogP contribution is -2.42. The van der Waals surface area contributed by atoms with Crippen LogP contribution in [0.1, 0.15) is 16.7 Å². The van der Waals surface area contributed by atoms with E-state index in [1.54, 1.807) is 20.2 Å². The first kappa shape index (κ1) is 18.7. The summed E-state index contributed by atoms with van der Waals surface area (Å²) in [5.41, 5.74) is 3.35. The minimum atomic E-state index is -0.205. The van der Waals surface area contributed by atoms with Gasteiger partial charge in [0, 0.05) is 26.2 Å². The molecule has 0 spiro atoms. The maximum absolute atomic E-state index is 12.6. The second-order valence-corrected chi connectivity index (χ2v) is 6.64. The third-order valence-electron chi connectivity index (χ3n) is 4.74. The summed E-state index contributed by atoms with van der Waals surface area (Å²) in [6, 6.07) is 15.6. The van der Waals surface area contributed by atoms with Crippen molar-refractivity contribution < 1.29 is 14.3 Å². The zero-order valence-electron chi connectivity index (χ0n) is 15.7. The van der Waals surface area contributed by atoms with Crippen LogP contribution < -0.4 is 4.74 Å². The highest BCUT2D eigenvalue weighted by Gasteiger charge is 2.22. The standard InChI is InChI=1S/C22H24N2O3/c1-23(21(25)11-10-17-6-5-9-20(14-17)27-2)16-22(26)24-13-12-18-7-3-4-8-19(18)15-24/h3-11,14H,12-13,15-16H2,1-2H3/b11-10+. The van der Waals surface area contributed by atoms with E-state index in [1.165, 1.54) is 22.1 Å². The number of nitrogens with zero attached hydrogens (tertiary/aromatic N) is 2. The van der Waals surface area contributed by atoms with E-state index < -0.39 is 0 Å². The molecule has 140 valence electrons. The van der Waals surface area contributed by atoms with Crippen LogP contribution in [0.25, 0.3) is 6.08 Å². The van der Waals surface area contributed by atoms with Crippen LogP contribution in [0.15, 0.2) is 54.6 Å². The number of ether oxygens (including phenoxy) is 1. The summed E-state index contributed by atoms with van der Waals surface area (Å²) in [5, 5.41) is 0. The van der Waals surface area contributed by atoms with Gasteiger partial charge in [-0.2, -0.15) is 0 Å². The third-order valence-corrected chi connectivity index (χ3v) is 4.74. The predicted molar refractivity (Wildman–Crippen MR) is 105 cm³/mol. The van der Waals surface area contributed by atoms with Gasteiger partial charge in [0.2, 0.25) is 11.8 Å². The fourth-order valence-corrected chi connectivity index (χ4v) is 3.13. The van der Waals surface area contributed by atoms with Crippen LogP contribution >= 0.6 is 0 Å². The van der Waals surface area contributed by atoms with Gasteiger partial charge in [0.1, 0.15) is 5.75 Å². The summed E-state index contributed by atoms with van der Waals surface area (Å²) < 4.78 is 5.17. The molecule has 0 saturated carbocycles. The lowest BCUT2D eigenvalue weighted by Gasteiger charge is -2.30. The molecule has 2 amide bonds. The molecule has 0 unspecified atom stereocenters. The first-order chi connectivity index (χ1) is 13.1. The van der Waals surface area contributed by atoms with Crippen LogP contribution in [-0.2, 0) is 22.6 Å². The normalized spacial score (nSPS) is 13.3. The second-order valence-electron chi connectivity index (χ2n) is 6.64. The van der Waals surface area contributed by atoms with E-state index in [9.17, 15) is 9.59 Å². The van der Waals surface area contributed by atoms with E-state index in [-0.39, 0.29) is 18.4 Å². The summed E-state index contributed by atoms with van der Waals surface area (Å²) in [6.07, 6.45) is 4.06. The number of hydrogen-bond acceptors (Lipinski definition) is 3. The first-order valence-corrected chi connectivity index (χ1v) is 8.98. The van der Waals surface area contributed by atoms with Crippen molar-refractivity contribution in [2.24, 2.45) is 0 Å². The average Bonchev–Trinajstić information content (AvgIpc) is 2.71. The second kappa shape index (κ2) is 8.54. The van der Waals surface area contributed by atoms with E-state index in [0.717, 1.165) is 17.7 Å². The van der Waals surface area contributed by atoms with E-state index in [0.29, 0.717) is 13.1 Å². The molecule has 27 heavy (non-hydrogen) atoms. The van der Waals surface area contributed by atoms with Crippen molar-refractivity contribution in [3.8, 4) is 5.75 Å². The zero-order chi connectivity index (χ0) is 19.2. The molecular weight excluding hydrogens is 340 g/mol. The van der Waals surface area contributed by atoms with Crippen molar-refractivity contribution in [1.82, 2.24) is 9.80 Å². The number of carbonyl (C=O) groups is 2. The Bertz CT molecular complexity index is 860. The first-order valence-electron chi connectivity index (χ1n) is 8.98. The summed E-state index contributed by atoms with van der Waals surface area (Å²) in [4.78, 5) is 28.2. The highest BCUT2D eigenvalue weighted by molar-refractivity contribution is 5.94. The molecule has 0 aliphatic carbocycles. The number of carbonyl (C=O) groups excluding carboxylic acids is 2. The van der Waals surface area contributed by atoms with Crippen molar-refractivity contribution in [3.05, 3.63) is 71.3 Å². The van der Waals surface area contributed by atoms with Gasteiger partial charge in [-0.15, -0.1) is 0 Å². The molecule has 0 atom stereocenters. The maximum atomic E-state index is 12.6. The van der Waals surface area contributed by atoms with Gasteiger partial charge in [-0.25, -0.2) is 0 Å². The van der Waals surface area contributed by atoms with Gasteiger partial charge in [0.15, 0.2) is 0 Å². The Morgan fingerprint density at radius 3 is 2.70 bits per heavy atom. The summed E-state index contributed by atoms with van der Waals surface area (Å²) in [7, 11) is 3.25. The van der Waals surface area contributed by atoms with Gasteiger partial charge < -0.3 is 14.5 Å². The van der Waals surface area contributed by atoms with Gasteiger partial charge in [-0.3, -0.25) is 9.59 Å². The molecule has 0 N–H and O–H groups in total. The molecular formula is C22H24N2O3. The number of fused-ring (bicyclic) bond motifs is 1. The number of hydrogen-bond donors (Lipinski definition) is 0. The van der Waals surface area contributed by atoms with E-state index in [4.69, 9.17) is 4.74 Å². The quantitative estimate of drug-likeness (QED) is 0.767. The number of likely N-dealkylation sites (N-methyl/N-ethyl adjacent to an activating group) is 1. The molecule has 5 heteroatoms. The van der Waals surface area contributed by atoms with E-state index in [2.05, 4.69) is 12.1 Å². The molecule has 0 bridgehead atoms. The smallest absolute Gasteiger partial charge is 0.246 e. The van der Waals surface area contributed by atoms with Crippen molar-refractivity contribution in [2.75, 3.05) is 27.2 Å². The Labute approximate surface area is 159 Å². The van der Waals surface area contributed by atoms with E-state index >= 15 is 0 Å². The summed E-state index contributed by atoms with van der Waals surface area (Å²) in [6.45, 7) is 1.37. The summed E-state index contributed by atoms with van der Waals surface area (Å²) in [5.74, 6) is 0.497. The molecule has 0 aromatic heterocycles. The number of amides is 2. The molecule has 0 saturated heterocycles. The highest BCUT2D eigenvalue weighted by atomic mass is 16.5. The van der Waals surface area contributed by atoms with Crippen LogP contribution in [0.2, 0.25) is 0 Å². The molecule has 1 aliphatic heterocycles. The number of benzene rings is 2. The lowest BCUT2D eigenvalue weighted by atomic mass is 10.00. The fraction of sp³-hybridized carbons (Fsp3) is 0.273. The molecule has 0 fully saturated rings. The minimum Gasteiger partial charge on any atom is -0.497 e. The maximum Gasteiger partial charge on any atom is 0.246 e. The topological polar surface area (TPSA) is 49.9 Å². The molecule has 1 heterocycles. The van der Waals surface area contributed by atoms with Crippen molar-refractivity contribution in [1.29, 1.82) is 0 Å². The molecule has 1 aliphatic rings. The zero-order valence-corrected chi connectivity index (χ0v) is 15.7. The monoisotopic (exact) mass is 364 g/mol. The van der Waals surface area contributed by atoms with Gasteiger partial charge in [-0.1, -0.05) is 36.4 Å². The SMILES string of the molecule is COc1cccc(/C=C/C(=O)N(C)CC(=O)N2CCc3ccccc3C2)c1. The van der Waals surface area contributed by atoms with Crippen molar-refractivity contribution in [3.63, 3.8) is 0 Å². The fourth-order valence-electron chi connectivity index (χ4n) is 3.13. The molecule has 5 nitrogen and oxygen atoms in total. The predicted octanol–water partition coefficient (Wildman–Crippen LogP) is 2.75. The van der Waals surface area contributed by atoms with Gasteiger partial charge in [-0.05, 0) is 41.3 Å². The highest BCUT2D eigenvalue weighted by Crippen LogP contribution is 2.18. The Balaban J connectivity index is 1.56. The number of methoxy groups -OCH3 is 1. The Morgan fingerprint density at radius 2 is 1.93 bits per heavy atom. The Hall–Kier alpha value is -3.08. The molecule has 0 radical (unpaired) electrons. The van der Waals surface area contributed by atoms with Gasteiger partial charge in [0.05, 0.1) is 13.7 Å². The van der Waals surface area contributed by atoms with Gasteiger partial charge in [0.25, 0.3) is 0 Å². The van der Waals surface area contributed by atoms with Crippen LogP contribution in [-0.4, -0.2) is 48.9 Å². The third kappa shape index (κ3) is 4.76. The Kier molecular flexibility index (Phi) is 5.91. The lowest BCUT2D eigenvalue weighted by molar-refractivity contribution is -0.137. The van der Waals surface area contributed by atoms with Crippen LogP contribution in [0.4, 0.5) is 0 Å². The van der Waals surface area contributed by atoms with Crippen LogP contribution in [0.3, 0.4) is 0 Å². The van der Waals surface area contributed by atoms with Crippen LogP contribution in [0.5, 0.6) is 5.75 Å². The Morgan fingerprint density at radius 1 is 1.15 bits per heavy atom. The van der Waals surface area contributed by atoms with Gasteiger partial charge >= 0.3 is 0 Å². The van der Waals surface area contributed by atoms with Crippen molar-refractivity contribution >= 4 is 17.9 Å².